The van der Waals surface area contributed by atoms with Gasteiger partial charge in [0.15, 0.2) is 5.82 Å². The van der Waals surface area contributed by atoms with E-state index < -0.39 is 5.95 Å². The van der Waals surface area contributed by atoms with Gasteiger partial charge in [0.1, 0.15) is 11.4 Å². The van der Waals surface area contributed by atoms with E-state index in [2.05, 4.69) is 20.2 Å². The molecule has 0 aliphatic heterocycles. The third-order valence-corrected chi connectivity index (χ3v) is 3.61. The molecule has 16 nitrogen and oxygen atoms in total. The van der Waals surface area contributed by atoms with Crippen molar-refractivity contribution in [1.82, 2.24) is 24.8 Å². The van der Waals surface area contributed by atoms with Crippen LogP contribution >= 0.6 is 0 Å². The zero-order valence-corrected chi connectivity index (χ0v) is 12.5. The Hall–Kier alpha value is -3.54. The van der Waals surface area contributed by atoms with Crippen LogP contribution in [0.5, 0.6) is 0 Å². The van der Waals surface area contributed by atoms with E-state index in [9.17, 15) is 20.8 Å². The summed E-state index contributed by atoms with van der Waals surface area (Å²) in [5.74, 6) is -0.682. The van der Waals surface area contributed by atoms with Crippen LogP contribution in [0.3, 0.4) is 0 Å². The Balaban J connectivity index is 2.13. The molecule has 9 N–H and O–H groups in total. The lowest BCUT2D eigenvalue weighted by molar-refractivity contribution is -0.649. The number of nitrogens with zero attached hydrogens (tertiary/aromatic N) is 8. The van der Waals surface area contributed by atoms with Gasteiger partial charge in [-0.2, -0.15) is 15.1 Å². The minimum absolute atomic E-state index is 0.0274. The number of nitrogens with one attached hydrogen (secondary N) is 1. The van der Waals surface area contributed by atoms with Gasteiger partial charge in [0.2, 0.25) is 22.2 Å². The van der Waals surface area contributed by atoms with Crippen molar-refractivity contribution in [2.45, 2.75) is 0 Å². The average Bonchev–Trinajstić information content (AvgIpc) is 3.09. The molecule has 0 amide bonds. The van der Waals surface area contributed by atoms with E-state index in [1.54, 1.807) is 0 Å². The zero-order chi connectivity index (χ0) is 18.7. The summed E-state index contributed by atoms with van der Waals surface area (Å²) in [4.78, 5) is 7.51. The SMILES string of the molecule is Nc1nc(N(O)O)nc2n[n+]3c4cc(N(O)O)cc(N(O)O)c4[nH]n3c12. The van der Waals surface area contributed by atoms with Gasteiger partial charge in [0, 0.05) is 6.07 Å². The van der Waals surface area contributed by atoms with Gasteiger partial charge in [0.05, 0.1) is 0 Å². The molecule has 0 bridgehead atoms. The van der Waals surface area contributed by atoms with E-state index in [0.717, 1.165) is 6.07 Å². The summed E-state index contributed by atoms with van der Waals surface area (Å²) in [6.07, 6.45) is 0. The number of rotatable bonds is 3. The summed E-state index contributed by atoms with van der Waals surface area (Å²) in [6, 6.07) is 2.33. The number of aromatic nitrogens is 6. The molecule has 1 aromatic carbocycles. The molecule has 0 unspecified atom stereocenters. The molecule has 0 spiro atoms. The molecule has 136 valence electrons. The molecule has 26 heavy (non-hydrogen) atoms. The van der Waals surface area contributed by atoms with E-state index in [0.29, 0.717) is 0 Å². The molecular formula is C10H11N10O6+. The van der Waals surface area contributed by atoms with Crippen molar-refractivity contribution in [2.24, 2.45) is 0 Å². The van der Waals surface area contributed by atoms with Crippen molar-refractivity contribution in [1.29, 1.82) is 0 Å². The first-order valence-corrected chi connectivity index (χ1v) is 6.75. The molecule has 16 heteroatoms. The highest BCUT2D eigenvalue weighted by Crippen LogP contribution is 2.29. The number of benzene rings is 1. The standard InChI is InChI=1S/C10H11N10O6/c11-8-7-9(13-10(12-8)20(25)26)15-16-4-1-3(18(21)22)2-5(19(23)24)6(4)14-17(7)16/h1-2,14,21-26H,(H2,11,12,13,15)/q+1. The zero-order valence-electron chi connectivity index (χ0n) is 12.5. The second-order valence-corrected chi connectivity index (χ2v) is 5.12. The number of H-pyrrole nitrogens is 1. The maximum absolute atomic E-state index is 9.39. The summed E-state index contributed by atoms with van der Waals surface area (Å²) in [7, 11) is 0. The van der Waals surface area contributed by atoms with Gasteiger partial charge in [0.25, 0.3) is 5.95 Å². The second kappa shape index (κ2) is 5.23. The van der Waals surface area contributed by atoms with Crippen molar-refractivity contribution >= 4 is 45.3 Å². The number of nitrogens with two attached hydrogens (primary N) is 1. The molecule has 3 heterocycles. The van der Waals surface area contributed by atoms with Crippen LogP contribution in [-0.4, -0.2) is 56.0 Å². The van der Waals surface area contributed by atoms with Crippen LogP contribution in [0, 0.1) is 0 Å². The molecule has 0 aliphatic rings. The molecule has 3 aromatic heterocycles. The first-order valence-electron chi connectivity index (χ1n) is 6.75. The lowest BCUT2D eigenvalue weighted by atomic mass is 10.2. The predicted molar refractivity (Wildman–Crippen MR) is 78.4 cm³/mol. The van der Waals surface area contributed by atoms with Crippen LogP contribution in [0.25, 0.3) is 22.2 Å². The monoisotopic (exact) mass is 367 g/mol. The Morgan fingerprint density at radius 2 is 1.73 bits per heavy atom. The quantitative estimate of drug-likeness (QED) is 0.156. The van der Waals surface area contributed by atoms with Crippen molar-refractivity contribution in [3.63, 3.8) is 0 Å². The highest BCUT2D eigenvalue weighted by atomic mass is 16.8. The van der Waals surface area contributed by atoms with Gasteiger partial charge in [-0.15, -0.1) is 10.5 Å². The Morgan fingerprint density at radius 3 is 2.35 bits per heavy atom. The van der Waals surface area contributed by atoms with Gasteiger partial charge in [-0.1, -0.05) is 5.23 Å². The maximum Gasteiger partial charge on any atom is 0.281 e. The fourth-order valence-electron chi connectivity index (χ4n) is 2.55. The van der Waals surface area contributed by atoms with E-state index in [4.69, 9.17) is 16.1 Å². The fraction of sp³-hybridized carbons (Fsp3) is 0. The van der Waals surface area contributed by atoms with E-state index in [1.807, 2.05) is 0 Å². The van der Waals surface area contributed by atoms with Gasteiger partial charge in [-0.3, -0.25) is 31.2 Å². The summed E-state index contributed by atoms with van der Waals surface area (Å²) in [5.41, 5.74) is 5.80. The fourth-order valence-corrected chi connectivity index (χ4v) is 2.55. The number of nitrogen functional groups attached to an aromatic ring is 1. The number of aromatic amines is 1. The Kier molecular flexibility index (Phi) is 3.21. The average molecular weight is 367 g/mol. The van der Waals surface area contributed by atoms with Gasteiger partial charge in [-0.05, 0) is 20.4 Å². The van der Waals surface area contributed by atoms with Crippen LogP contribution in [0.2, 0.25) is 0 Å². The van der Waals surface area contributed by atoms with Crippen LogP contribution in [0.15, 0.2) is 12.1 Å². The van der Waals surface area contributed by atoms with Crippen molar-refractivity contribution in [2.75, 3.05) is 21.4 Å². The van der Waals surface area contributed by atoms with Crippen molar-refractivity contribution in [3.05, 3.63) is 12.1 Å². The summed E-state index contributed by atoms with van der Waals surface area (Å²) in [5, 5.41) is 61.5. The molecule has 0 saturated carbocycles. The highest BCUT2D eigenvalue weighted by molar-refractivity contribution is 5.90. The van der Waals surface area contributed by atoms with E-state index in [1.165, 1.54) is 15.3 Å². The summed E-state index contributed by atoms with van der Waals surface area (Å²) >= 11 is 0. The minimum atomic E-state index is -0.518. The predicted octanol–water partition coefficient (Wildman–Crippen LogP) is -1.32. The van der Waals surface area contributed by atoms with Crippen molar-refractivity contribution in [3.8, 4) is 0 Å². The molecule has 0 saturated heterocycles. The smallest absolute Gasteiger partial charge is 0.281 e. The van der Waals surface area contributed by atoms with Gasteiger partial charge < -0.3 is 5.73 Å². The third kappa shape index (κ3) is 2.12. The normalized spacial score (nSPS) is 11.6. The van der Waals surface area contributed by atoms with Gasteiger partial charge in [-0.25, -0.2) is 0 Å². The molecule has 0 fully saturated rings. The lowest BCUT2D eigenvalue weighted by Crippen LogP contribution is -2.29. The summed E-state index contributed by atoms with van der Waals surface area (Å²) < 4.78 is 2.42. The number of fused-ring (bicyclic) bond motifs is 5. The van der Waals surface area contributed by atoms with Gasteiger partial charge >= 0.3 is 0 Å². The molecule has 0 aliphatic carbocycles. The van der Waals surface area contributed by atoms with Crippen LogP contribution in [0.4, 0.5) is 23.1 Å². The molecular weight excluding hydrogens is 356 g/mol. The Bertz CT molecular complexity index is 1150. The Morgan fingerprint density at radius 1 is 1.00 bits per heavy atom. The van der Waals surface area contributed by atoms with E-state index >= 15 is 0 Å². The first kappa shape index (κ1) is 16.0. The maximum atomic E-state index is 9.39. The lowest BCUT2D eigenvalue weighted by Gasteiger charge is -2.11. The number of hydrogen-bond donors (Lipinski definition) is 8. The largest absolute Gasteiger partial charge is 0.381 e. The number of anilines is 4. The van der Waals surface area contributed by atoms with Crippen molar-refractivity contribution < 1.29 is 35.9 Å². The second-order valence-electron chi connectivity index (χ2n) is 5.12. The third-order valence-electron chi connectivity index (χ3n) is 3.61. The first-order chi connectivity index (χ1) is 12.3. The minimum Gasteiger partial charge on any atom is -0.381 e. The van der Waals surface area contributed by atoms with Crippen LogP contribution in [-0.2, 0) is 0 Å². The topological polar surface area (TPSA) is 220 Å². The van der Waals surface area contributed by atoms with Crippen LogP contribution in [0.1, 0.15) is 0 Å². The molecule has 4 rings (SSSR count). The highest BCUT2D eigenvalue weighted by Gasteiger charge is 2.27. The van der Waals surface area contributed by atoms with E-state index in [-0.39, 0.29) is 55.1 Å². The Labute approximate surface area is 140 Å². The molecule has 4 aromatic rings. The molecule has 0 atom stereocenters. The van der Waals surface area contributed by atoms with Crippen LogP contribution < -0.4 is 26.0 Å². The number of hydrogen-bond acceptors (Lipinski definition) is 13. The summed E-state index contributed by atoms with van der Waals surface area (Å²) in [6.45, 7) is 0. The molecule has 0 radical (unpaired) electrons.